The molecule has 0 radical (unpaired) electrons. The van der Waals surface area contributed by atoms with Crippen LogP contribution in [0.4, 0.5) is 0 Å². The second kappa shape index (κ2) is 7.66. The van der Waals surface area contributed by atoms with Crippen LogP contribution in [0.2, 0.25) is 0 Å². The number of nitrogens with zero attached hydrogens (tertiary/aromatic N) is 1. The van der Waals surface area contributed by atoms with Crippen LogP contribution >= 0.6 is 0 Å². The number of carbonyl (C=O) groups excluding carboxylic acids is 2. The van der Waals surface area contributed by atoms with Gasteiger partial charge in [-0.05, 0) is 30.5 Å². The number of hydrogen-bond acceptors (Lipinski definition) is 4. The van der Waals surface area contributed by atoms with Gasteiger partial charge in [-0.1, -0.05) is 12.1 Å². The number of methoxy groups -OCH3 is 1. The molecule has 0 aromatic heterocycles. The van der Waals surface area contributed by atoms with E-state index < -0.39 is 0 Å². The van der Waals surface area contributed by atoms with Gasteiger partial charge in [0.05, 0.1) is 19.1 Å². The van der Waals surface area contributed by atoms with E-state index in [9.17, 15) is 9.59 Å². The van der Waals surface area contributed by atoms with Crippen molar-refractivity contribution in [3.63, 3.8) is 0 Å². The lowest BCUT2D eigenvalue weighted by Gasteiger charge is -2.17. The van der Waals surface area contributed by atoms with Gasteiger partial charge in [0.15, 0.2) is 0 Å². The van der Waals surface area contributed by atoms with E-state index in [1.165, 1.54) is 0 Å². The normalized spacial score (nSPS) is 23.5. The van der Waals surface area contributed by atoms with Crippen molar-refractivity contribution >= 4 is 11.8 Å². The molecule has 0 bridgehead atoms. The minimum absolute atomic E-state index is 0.0232. The first-order valence-corrected chi connectivity index (χ1v) is 8.45. The largest absolute Gasteiger partial charge is 0.497 e. The molecule has 0 saturated carbocycles. The molecule has 1 aromatic rings. The van der Waals surface area contributed by atoms with E-state index in [4.69, 9.17) is 9.47 Å². The third kappa shape index (κ3) is 4.06. The maximum absolute atomic E-state index is 12.3. The zero-order valence-corrected chi connectivity index (χ0v) is 14.0. The molecule has 3 rings (SSSR count). The summed E-state index contributed by atoms with van der Waals surface area (Å²) in [7, 11) is 1.62. The topological polar surface area (TPSA) is 67.9 Å². The fourth-order valence-corrected chi connectivity index (χ4v) is 3.26. The summed E-state index contributed by atoms with van der Waals surface area (Å²) in [6.07, 6.45) is 2.45. The molecule has 0 aliphatic carbocycles. The van der Waals surface area contributed by atoms with Crippen LogP contribution in [0, 0.1) is 5.92 Å². The highest BCUT2D eigenvalue weighted by Gasteiger charge is 2.34. The quantitative estimate of drug-likeness (QED) is 0.854. The SMILES string of the molecule is COc1cccc(CN2C[C@@H](C(=O)NC[C@H]3CCCO3)CC2=O)c1. The molecule has 0 unspecified atom stereocenters. The predicted molar refractivity (Wildman–Crippen MR) is 88.5 cm³/mol. The van der Waals surface area contributed by atoms with Crippen molar-refractivity contribution in [2.24, 2.45) is 5.92 Å². The van der Waals surface area contributed by atoms with Gasteiger partial charge in [0.2, 0.25) is 11.8 Å². The van der Waals surface area contributed by atoms with Gasteiger partial charge in [0.1, 0.15) is 5.75 Å². The average molecular weight is 332 g/mol. The highest BCUT2D eigenvalue weighted by Crippen LogP contribution is 2.22. The number of amides is 2. The van der Waals surface area contributed by atoms with E-state index in [1.807, 2.05) is 24.3 Å². The second-order valence-corrected chi connectivity index (χ2v) is 6.41. The molecule has 1 aromatic carbocycles. The maximum atomic E-state index is 12.3. The van der Waals surface area contributed by atoms with Crippen molar-refractivity contribution in [2.45, 2.75) is 31.9 Å². The minimum atomic E-state index is -0.274. The first-order chi connectivity index (χ1) is 11.7. The van der Waals surface area contributed by atoms with Gasteiger partial charge in [0, 0.05) is 32.7 Å². The number of ether oxygens (including phenoxy) is 2. The van der Waals surface area contributed by atoms with Gasteiger partial charge in [0.25, 0.3) is 0 Å². The summed E-state index contributed by atoms with van der Waals surface area (Å²) in [6, 6.07) is 7.65. The third-order valence-electron chi connectivity index (χ3n) is 4.62. The zero-order valence-electron chi connectivity index (χ0n) is 14.0. The molecule has 2 fully saturated rings. The van der Waals surface area contributed by atoms with Crippen LogP contribution in [0.5, 0.6) is 5.75 Å². The molecule has 2 aliphatic heterocycles. The Morgan fingerprint density at radius 1 is 1.46 bits per heavy atom. The lowest BCUT2D eigenvalue weighted by atomic mass is 10.1. The monoisotopic (exact) mass is 332 g/mol. The summed E-state index contributed by atoms with van der Waals surface area (Å²) in [5.41, 5.74) is 1.00. The van der Waals surface area contributed by atoms with Crippen LogP contribution in [-0.4, -0.2) is 49.6 Å². The van der Waals surface area contributed by atoms with Gasteiger partial charge >= 0.3 is 0 Å². The summed E-state index contributed by atoms with van der Waals surface area (Å²) < 4.78 is 10.7. The summed E-state index contributed by atoms with van der Waals surface area (Å²) >= 11 is 0. The van der Waals surface area contributed by atoms with Crippen LogP contribution in [-0.2, 0) is 20.9 Å². The minimum Gasteiger partial charge on any atom is -0.497 e. The molecule has 2 amide bonds. The summed E-state index contributed by atoms with van der Waals surface area (Å²) in [6.45, 7) is 2.29. The average Bonchev–Trinajstić information content (AvgIpc) is 3.23. The Balaban J connectivity index is 1.51. The van der Waals surface area contributed by atoms with Crippen LogP contribution in [0.25, 0.3) is 0 Å². The molecule has 6 heteroatoms. The van der Waals surface area contributed by atoms with Crippen LogP contribution in [0.1, 0.15) is 24.8 Å². The zero-order chi connectivity index (χ0) is 16.9. The van der Waals surface area contributed by atoms with Crippen molar-refractivity contribution < 1.29 is 19.1 Å². The third-order valence-corrected chi connectivity index (χ3v) is 4.62. The van der Waals surface area contributed by atoms with Gasteiger partial charge in [-0.25, -0.2) is 0 Å². The van der Waals surface area contributed by atoms with E-state index in [0.717, 1.165) is 30.8 Å². The number of nitrogens with one attached hydrogen (secondary N) is 1. The van der Waals surface area contributed by atoms with Gasteiger partial charge in [-0.15, -0.1) is 0 Å². The molecule has 130 valence electrons. The van der Waals surface area contributed by atoms with Crippen LogP contribution < -0.4 is 10.1 Å². The fourth-order valence-electron chi connectivity index (χ4n) is 3.26. The van der Waals surface area contributed by atoms with E-state index in [-0.39, 0.29) is 30.3 Å². The van der Waals surface area contributed by atoms with Crippen LogP contribution in [0.15, 0.2) is 24.3 Å². The Morgan fingerprint density at radius 2 is 2.33 bits per heavy atom. The van der Waals surface area contributed by atoms with Crippen molar-refractivity contribution in [3.8, 4) is 5.75 Å². The van der Waals surface area contributed by atoms with Crippen molar-refractivity contribution in [3.05, 3.63) is 29.8 Å². The first-order valence-electron chi connectivity index (χ1n) is 8.45. The number of hydrogen-bond donors (Lipinski definition) is 1. The Bertz CT molecular complexity index is 598. The molecule has 1 N–H and O–H groups in total. The smallest absolute Gasteiger partial charge is 0.225 e. The van der Waals surface area contributed by atoms with E-state index in [0.29, 0.717) is 19.6 Å². The number of carbonyl (C=O) groups is 2. The maximum Gasteiger partial charge on any atom is 0.225 e. The summed E-state index contributed by atoms with van der Waals surface area (Å²) in [4.78, 5) is 26.2. The van der Waals surface area contributed by atoms with Crippen molar-refractivity contribution in [1.82, 2.24) is 10.2 Å². The van der Waals surface area contributed by atoms with Gasteiger partial charge < -0.3 is 19.7 Å². The Morgan fingerprint density at radius 3 is 3.08 bits per heavy atom. The summed E-state index contributed by atoms with van der Waals surface area (Å²) in [5.74, 6) is 0.469. The molecule has 24 heavy (non-hydrogen) atoms. The second-order valence-electron chi connectivity index (χ2n) is 6.41. The lowest BCUT2D eigenvalue weighted by Crippen LogP contribution is -2.37. The van der Waals surface area contributed by atoms with Crippen molar-refractivity contribution in [2.75, 3.05) is 26.8 Å². The van der Waals surface area contributed by atoms with Gasteiger partial charge in [-0.2, -0.15) is 0 Å². The standard InChI is InChI=1S/C18H24N2O4/c1-23-15-5-2-4-13(8-15)11-20-12-14(9-17(20)21)18(22)19-10-16-6-3-7-24-16/h2,4-5,8,14,16H,3,6-7,9-12H2,1H3,(H,19,22)/t14-,16+/m0/s1. The van der Waals surface area contributed by atoms with E-state index >= 15 is 0 Å². The Hall–Kier alpha value is -2.08. The Kier molecular flexibility index (Phi) is 5.35. The number of likely N-dealkylation sites (tertiary alicyclic amines) is 1. The molecule has 2 atom stereocenters. The Labute approximate surface area is 142 Å². The van der Waals surface area contributed by atoms with E-state index in [1.54, 1.807) is 12.0 Å². The highest BCUT2D eigenvalue weighted by atomic mass is 16.5. The number of rotatable bonds is 6. The van der Waals surface area contributed by atoms with E-state index in [2.05, 4.69) is 5.32 Å². The molecule has 0 spiro atoms. The highest BCUT2D eigenvalue weighted by molar-refractivity contribution is 5.89. The molecule has 2 heterocycles. The predicted octanol–water partition coefficient (Wildman–Crippen LogP) is 1.34. The summed E-state index contributed by atoms with van der Waals surface area (Å²) in [5, 5.41) is 2.93. The molecule has 2 aliphatic rings. The van der Waals surface area contributed by atoms with Gasteiger partial charge in [-0.3, -0.25) is 9.59 Å². The molecule has 2 saturated heterocycles. The molecule has 6 nitrogen and oxygen atoms in total. The first kappa shape index (κ1) is 16.8. The molecular formula is C18H24N2O4. The number of benzene rings is 1. The molecular weight excluding hydrogens is 308 g/mol. The van der Waals surface area contributed by atoms with Crippen LogP contribution in [0.3, 0.4) is 0 Å². The van der Waals surface area contributed by atoms with Crippen molar-refractivity contribution in [1.29, 1.82) is 0 Å². The fraction of sp³-hybridized carbons (Fsp3) is 0.556. The lowest BCUT2D eigenvalue weighted by molar-refractivity contribution is -0.129.